The molecule has 1 aliphatic carbocycles. The maximum Gasteiger partial charge on any atom is -0.00854 e. The van der Waals surface area contributed by atoms with Crippen LogP contribution < -0.4 is 0 Å². The molecule has 2 rings (SSSR count). The molecule has 0 saturated heterocycles. The fourth-order valence-corrected chi connectivity index (χ4v) is 1.96. The monoisotopic (exact) mass is 172 g/mol. The van der Waals surface area contributed by atoms with Crippen LogP contribution >= 0.6 is 0 Å². The molecule has 1 aliphatic rings. The molecule has 0 bridgehead atoms. The summed E-state index contributed by atoms with van der Waals surface area (Å²) in [5.74, 6) is 0. The minimum atomic E-state index is 1.15. The van der Waals surface area contributed by atoms with Gasteiger partial charge in [-0.2, -0.15) is 0 Å². The number of unbranched alkanes of at least 4 members (excludes halogenated alkanes) is 1. The van der Waals surface area contributed by atoms with Crippen LogP contribution in [0.15, 0.2) is 30.3 Å². The van der Waals surface area contributed by atoms with Crippen molar-refractivity contribution >= 4 is 5.57 Å². The van der Waals surface area contributed by atoms with Gasteiger partial charge in [-0.1, -0.05) is 43.7 Å². The highest BCUT2D eigenvalue weighted by Gasteiger charge is 2.11. The quantitative estimate of drug-likeness (QED) is 0.650. The molecule has 0 fully saturated rings. The van der Waals surface area contributed by atoms with Gasteiger partial charge >= 0.3 is 0 Å². The number of benzene rings is 1. The van der Waals surface area contributed by atoms with Crippen molar-refractivity contribution in [2.45, 2.75) is 32.6 Å². The first-order valence-corrected chi connectivity index (χ1v) is 5.19. The van der Waals surface area contributed by atoms with Crippen LogP contribution in [0.2, 0.25) is 0 Å². The van der Waals surface area contributed by atoms with E-state index in [1.807, 2.05) is 0 Å². The van der Waals surface area contributed by atoms with Gasteiger partial charge in [0.1, 0.15) is 0 Å². The predicted molar refractivity (Wildman–Crippen MR) is 57.6 cm³/mol. The van der Waals surface area contributed by atoms with Crippen molar-refractivity contribution in [2.75, 3.05) is 0 Å². The highest BCUT2D eigenvalue weighted by molar-refractivity contribution is 5.72. The van der Waals surface area contributed by atoms with E-state index in [4.69, 9.17) is 0 Å². The summed E-state index contributed by atoms with van der Waals surface area (Å²) in [4.78, 5) is 0. The van der Waals surface area contributed by atoms with Gasteiger partial charge < -0.3 is 0 Å². The van der Waals surface area contributed by atoms with Crippen LogP contribution in [0.25, 0.3) is 5.57 Å². The molecule has 1 aromatic carbocycles. The lowest BCUT2D eigenvalue weighted by Gasteiger charge is -2.03. The van der Waals surface area contributed by atoms with E-state index in [1.165, 1.54) is 30.4 Å². The molecule has 0 radical (unpaired) electrons. The molecule has 68 valence electrons. The molecular weight excluding hydrogens is 156 g/mol. The minimum Gasteiger partial charge on any atom is -0.0763 e. The van der Waals surface area contributed by atoms with E-state index in [0.717, 1.165) is 6.42 Å². The Morgan fingerprint density at radius 3 is 2.92 bits per heavy atom. The lowest BCUT2D eigenvalue weighted by molar-refractivity contribution is 0.825. The number of allylic oxidation sites excluding steroid dienone is 2. The van der Waals surface area contributed by atoms with Gasteiger partial charge in [-0.3, -0.25) is 0 Å². The smallest absolute Gasteiger partial charge is 0.00854 e. The summed E-state index contributed by atoms with van der Waals surface area (Å²) in [6.45, 7) is 2.25. The zero-order valence-electron chi connectivity index (χ0n) is 8.22. The first kappa shape index (κ1) is 8.55. The van der Waals surface area contributed by atoms with E-state index >= 15 is 0 Å². The molecule has 0 N–H and O–H groups in total. The largest absolute Gasteiger partial charge is 0.0763 e. The fraction of sp³-hybridized carbons (Fsp3) is 0.385. The van der Waals surface area contributed by atoms with Crippen LogP contribution in [0.4, 0.5) is 0 Å². The van der Waals surface area contributed by atoms with Crippen LogP contribution in [0.1, 0.15) is 37.3 Å². The molecule has 0 heterocycles. The third-order valence-electron chi connectivity index (χ3n) is 2.73. The second-order valence-corrected chi connectivity index (χ2v) is 3.69. The van der Waals surface area contributed by atoms with E-state index in [2.05, 4.69) is 37.3 Å². The number of hydrogen-bond donors (Lipinski definition) is 0. The highest BCUT2D eigenvalue weighted by atomic mass is 14.2. The molecule has 0 unspecified atom stereocenters. The molecule has 13 heavy (non-hydrogen) atoms. The molecule has 0 spiro atoms. The number of rotatable bonds is 3. The van der Waals surface area contributed by atoms with Gasteiger partial charge in [0.15, 0.2) is 0 Å². The zero-order chi connectivity index (χ0) is 9.10. The number of fused-ring (bicyclic) bond motifs is 1. The highest BCUT2D eigenvalue weighted by Crippen LogP contribution is 2.30. The van der Waals surface area contributed by atoms with Crippen LogP contribution in [-0.4, -0.2) is 0 Å². The summed E-state index contributed by atoms with van der Waals surface area (Å²) in [6, 6.07) is 8.77. The van der Waals surface area contributed by atoms with E-state index < -0.39 is 0 Å². The van der Waals surface area contributed by atoms with E-state index in [-0.39, 0.29) is 0 Å². The molecule has 0 aliphatic heterocycles. The van der Waals surface area contributed by atoms with Gasteiger partial charge in [-0.25, -0.2) is 0 Å². The third kappa shape index (κ3) is 1.67. The molecule has 0 aromatic heterocycles. The summed E-state index contributed by atoms with van der Waals surface area (Å²) in [6.07, 6.45) is 7.41. The Morgan fingerprint density at radius 1 is 1.23 bits per heavy atom. The summed E-state index contributed by atoms with van der Waals surface area (Å²) >= 11 is 0. The molecule has 0 heteroatoms. The van der Waals surface area contributed by atoms with E-state index in [0.29, 0.717) is 0 Å². The average molecular weight is 172 g/mol. The Hall–Kier alpha value is -1.04. The van der Waals surface area contributed by atoms with Gasteiger partial charge in [0.25, 0.3) is 0 Å². The summed E-state index contributed by atoms with van der Waals surface area (Å²) < 4.78 is 0. The normalized spacial score (nSPS) is 14.1. The third-order valence-corrected chi connectivity index (χ3v) is 2.73. The van der Waals surface area contributed by atoms with Crippen LogP contribution in [0, 0.1) is 0 Å². The van der Waals surface area contributed by atoms with Crippen molar-refractivity contribution in [2.24, 2.45) is 0 Å². The van der Waals surface area contributed by atoms with Crippen molar-refractivity contribution in [3.05, 3.63) is 41.5 Å². The molecule has 0 amide bonds. The summed E-state index contributed by atoms with van der Waals surface area (Å²) in [7, 11) is 0. The van der Waals surface area contributed by atoms with E-state index in [1.54, 1.807) is 5.57 Å². The van der Waals surface area contributed by atoms with Crippen molar-refractivity contribution < 1.29 is 0 Å². The Bertz CT molecular complexity index is 321. The van der Waals surface area contributed by atoms with E-state index in [9.17, 15) is 0 Å². The van der Waals surface area contributed by atoms with Gasteiger partial charge in [0.05, 0.1) is 0 Å². The van der Waals surface area contributed by atoms with Crippen molar-refractivity contribution in [3.8, 4) is 0 Å². The van der Waals surface area contributed by atoms with Crippen molar-refractivity contribution in [1.82, 2.24) is 0 Å². The van der Waals surface area contributed by atoms with Crippen LogP contribution in [0.5, 0.6) is 0 Å². The molecule has 0 nitrogen and oxygen atoms in total. The standard InChI is InChI=1S/C13H16/c1-2-3-6-11-9-10-12-7-4-5-8-13(11)12/h4-5,7-9H,2-3,6,10H2,1H3. The first-order valence-electron chi connectivity index (χ1n) is 5.19. The second kappa shape index (κ2) is 3.78. The topological polar surface area (TPSA) is 0 Å². The summed E-state index contributed by atoms with van der Waals surface area (Å²) in [5, 5.41) is 0. The van der Waals surface area contributed by atoms with Gasteiger partial charge in [-0.15, -0.1) is 0 Å². The Morgan fingerprint density at radius 2 is 2.08 bits per heavy atom. The number of hydrogen-bond acceptors (Lipinski definition) is 0. The molecule has 0 saturated carbocycles. The summed E-state index contributed by atoms with van der Waals surface area (Å²) in [5.41, 5.74) is 4.57. The predicted octanol–water partition coefficient (Wildman–Crippen LogP) is 3.82. The van der Waals surface area contributed by atoms with Crippen LogP contribution in [-0.2, 0) is 6.42 Å². The Kier molecular flexibility index (Phi) is 2.49. The van der Waals surface area contributed by atoms with Crippen molar-refractivity contribution in [1.29, 1.82) is 0 Å². The fourth-order valence-electron chi connectivity index (χ4n) is 1.96. The minimum absolute atomic E-state index is 1.15. The molecule has 0 atom stereocenters. The average Bonchev–Trinajstić information content (AvgIpc) is 2.58. The maximum atomic E-state index is 2.39. The first-order chi connectivity index (χ1) is 6.42. The second-order valence-electron chi connectivity index (χ2n) is 3.69. The lowest BCUT2D eigenvalue weighted by Crippen LogP contribution is -1.83. The molecule has 1 aromatic rings. The molecular formula is C13H16. The van der Waals surface area contributed by atoms with Crippen molar-refractivity contribution in [3.63, 3.8) is 0 Å². The Labute approximate surface area is 80.3 Å². The maximum absolute atomic E-state index is 2.39. The Balaban J connectivity index is 2.16. The lowest BCUT2D eigenvalue weighted by atomic mass is 10.0. The van der Waals surface area contributed by atoms with Gasteiger partial charge in [-0.05, 0) is 36.0 Å². The van der Waals surface area contributed by atoms with Gasteiger partial charge in [0.2, 0.25) is 0 Å². The van der Waals surface area contributed by atoms with Crippen LogP contribution in [0.3, 0.4) is 0 Å². The van der Waals surface area contributed by atoms with Gasteiger partial charge in [0, 0.05) is 0 Å². The SMILES string of the molecule is CCCCC1=CCc2ccccc21. The zero-order valence-corrected chi connectivity index (χ0v) is 8.22.